The van der Waals surface area contributed by atoms with Gasteiger partial charge in [0.1, 0.15) is 28.5 Å². The predicted molar refractivity (Wildman–Crippen MR) is 170 cm³/mol. The summed E-state index contributed by atoms with van der Waals surface area (Å²) in [6.45, 7) is 8.45. The van der Waals surface area contributed by atoms with Crippen molar-refractivity contribution in [3.8, 4) is 11.5 Å². The minimum absolute atomic E-state index is 0.0337. The molecule has 3 aliphatic heterocycles. The van der Waals surface area contributed by atoms with Gasteiger partial charge in [-0.25, -0.2) is 9.97 Å². The molecule has 4 aromatic rings. The van der Waals surface area contributed by atoms with Crippen LogP contribution in [0.2, 0.25) is 0 Å². The zero-order valence-electron chi connectivity index (χ0n) is 25.0. The molecule has 6 heterocycles. The zero-order chi connectivity index (χ0) is 30.2. The fourth-order valence-electron chi connectivity index (χ4n) is 6.33. The first-order valence-corrected chi connectivity index (χ1v) is 15.9. The Kier molecular flexibility index (Phi) is 7.73. The van der Waals surface area contributed by atoms with Gasteiger partial charge in [-0.1, -0.05) is 6.08 Å². The number of fused-ring (bicyclic) bond motifs is 4. The number of aryl methyl sites for hydroxylation is 2. The van der Waals surface area contributed by atoms with Crippen molar-refractivity contribution < 1.29 is 14.3 Å². The Balaban J connectivity index is 1.00. The van der Waals surface area contributed by atoms with E-state index in [1.165, 1.54) is 5.56 Å². The Labute approximate surface area is 260 Å². The molecule has 44 heavy (non-hydrogen) atoms. The van der Waals surface area contributed by atoms with Crippen LogP contribution < -0.4 is 10.1 Å². The van der Waals surface area contributed by atoms with E-state index in [2.05, 4.69) is 25.2 Å². The number of carbonyl (C=O) groups excluding carboxylic acids is 2. The molecule has 2 saturated heterocycles. The Hall–Kier alpha value is -4.35. The number of benzene rings is 1. The number of nitrogens with zero attached hydrogens (tertiary/aromatic N) is 6. The average molecular weight is 610 g/mol. The monoisotopic (exact) mass is 609 g/mol. The third kappa shape index (κ3) is 5.77. The van der Waals surface area contributed by atoms with Crippen LogP contribution in [0.4, 0.5) is 11.5 Å². The van der Waals surface area contributed by atoms with Gasteiger partial charge in [-0.3, -0.25) is 19.5 Å². The van der Waals surface area contributed by atoms with Crippen LogP contribution in [-0.2, 0) is 22.6 Å². The molecule has 2 fully saturated rings. The number of amides is 2. The lowest BCUT2D eigenvalue weighted by Gasteiger charge is -2.37. The second kappa shape index (κ2) is 12.0. The van der Waals surface area contributed by atoms with Crippen LogP contribution in [0.1, 0.15) is 34.5 Å². The van der Waals surface area contributed by atoms with E-state index in [1.54, 1.807) is 29.9 Å². The number of rotatable bonds is 7. The maximum atomic E-state index is 13.1. The molecule has 1 aromatic carbocycles. The number of ether oxygens (including phenoxy) is 1. The van der Waals surface area contributed by atoms with Crippen LogP contribution >= 0.6 is 11.3 Å². The van der Waals surface area contributed by atoms with Gasteiger partial charge < -0.3 is 19.9 Å². The number of thiophene rings is 1. The van der Waals surface area contributed by atoms with Gasteiger partial charge in [-0.2, -0.15) is 0 Å². The van der Waals surface area contributed by atoms with Gasteiger partial charge in [0, 0.05) is 67.5 Å². The minimum atomic E-state index is 0.0337. The minimum Gasteiger partial charge on any atom is -0.455 e. The summed E-state index contributed by atoms with van der Waals surface area (Å²) in [7, 11) is 0. The number of hydrogen-bond acceptors (Lipinski definition) is 9. The molecule has 10 nitrogen and oxygen atoms in total. The van der Waals surface area contributed by atoms with Crippen molar-refractivity contribution in [2.45, 2.75) is 45.7 Å². The number of anilines is 2. The smallest absolute Gasteiger partial charge is 0.246 e. The van der Waals surface area contributed by atoms with Gasteiger partial charge in [0.25, 0.3) is 0 Å². The first-order valence-electron chi connectivity index (χ1n) is 15.1. The first kappa shape index (κ1) is 28.4. The highest BCUT2D eigenvalue weighted by Crippen LogP contribution is 2.38. The Morgan fingerprint density at radius 3 is 2.86 bits per heavy atom. The summed E-state index contributed by atoms with van der Waals surface area (Å²) >= 11 is 1.63. The van der Waals surface area contributed by atoms with E-state index in [0.29, 0.717) is 31.3 Å². The summed E-state index contributed by atoms with van der Waals surface area (Å²) in [4.78, 5) is 46.9. The van der Waals surface area contributed by atoms with Crippen molar-refractivity contribution in [2.24, 2.45) is 0 Å². The van der Waals surface area contributed by atoms with Crippen molar-refractivity contribution in [1.29, 1.82) is 0 Å². The summed E-state index contributed by atoms with van der Waals surface area (Å²) in [5.41, 5.74) is 4.07. The van der Waals surface area contributed by atoms with Crippen LogP contribution in [0.15, 0.2) is 55.0 Å². The topological polar surface area (TPSA) is 104 Å². The average Bonchev–Trinajstić information content (AvgIpc) is 3.59. The second-order valence-electron chi connectivity index (χ2n) is 11.7. The van der Waals surface area contributed by atoms with E-state index in [-0.39, 0.29) is 11.8 Å². The molecular weight excluding hydrogens is 574 g/mol. The van der Waals surface area contributed by atoms with Crippen molar-refractivity contribution in [3.05, 3.63) is 76.7 Å². The molecule has 11 heteroatoms. The summed E-state index contributed by atoms with van der Waals surface area (Å²) in [5, 5.41) is 4.53. The van der Waals surface area contributed by atoms with Crippen molar-refractivity contribution in [3.63, 3.8) is 0 Å². The maximum Gasteiger partial charge on any atom is 0.246 e. The normalized spacial score (nSPS) is 18.6. The maximum absolute atomic E-state index is 13.1. The van der Waals surface area contributed by atoms with Crippen molar-refractivity contribution in [2.75, 3.05) is 38.0 Å². The number of hydrogen-bond donors (Lipinski definition) is 1. The van der Waals surface area contributed by atoms with Crippen LogP contribution in [0, 0.1) is 13.8 Å². The molecule has 0 saturated carbocycles. The van der Waals surface area contributed by atoms with E-state index >= 15 is 0 Å². The molecule has 3 aromatic heterocycles. The third-order valence-electron chi connectivity index (χ3n) is 8.70. The quantitative estimate of drug-likeness (QED) is 0.293. The molecule has 1 atom stereocenters. The lowest BCUT2D eigenvalue weighted by Crippen LogP contribution is -2.51. The molecule has 226 valence electrons. The molecule has 2 amide bonds. The van der Waals surface area contributed by atoms with Crippen LogP contribution in [0.25, 0.3) is 10.2 Å². The van der Waals surface area contributed by atoms with Gasteiger partial charge >= 0.3 is 0 Å². The number of pyridine rings is 1. The zero-order valence-corrected chi connectivity index (χ0v) is 25.8. The lowest BCUT2D eigenvalue weighted by atomic mass is 10.0. The molecule has 7 rings (SSSR count). The van der Waals surface area contributed by atoms with E-state index in [9.17, 15) is 9.59 Å². The summed E-state index contributed by atoms with van der Waals surface area (Å²) in [6, 6.07) is 10.2. The van der Waals surface area contributed by atoms with Crippen molar-refractivity contribution in [1.82, 2.24) is 29.7 Å². The van der Waals surface area contributed by atoms with Gasteiger partial charge in [0.05, 0.1) is 18.1 Å². The van der Waals surface area contributed by atoms with Gasteiger partial charge in [0.15, 0.2) is 0 Å². The standard InChI is InChI=1S/C33H35N7O3S/c1-21-16-23(6-9-27(21)43-25-8-5-22(2)34-17-25)37-32-31-26-11-13-39(19-28(26)44-33(31)36-20-35-32)29(41)4-3-12-38-14-15-40-24(18-38)7-10-30(40)42/h3-6,8-9,16-17,20,24H,7,10-15,18-19H2,1-2H3,(H,35,36,37)/b4-3+. The number of nitrogens with one attached hydrogen (secondary N) is 1. The molecule has 0 radical (unpaired) electrons. The molecule has 1 unspecified atom stereocenters. The summed E-state index contributed by atoms with van der Waals surface area (Å²) < 4.78 is 6.04. The highest BCUT2D eigenvalue weighted by atomic mass is 32.1. The molecule has 3 aliphatic rings. The molecule has 0 spiro atoms. The molecule has 1 N–H and O–H groups in total. The van der Waals surface area contributed by atoms with Crippen molar-refractivity contribution >= 4 is 44.9 Å². The Morgan fingerprint density at radius 2 is 2.02 bits per heavy atom. The molecule has 0 bridgehead atoms. The third-order valence-corrected chi connectivity index (χ3v) is 9.83. The molecular formula is C33H35N7O3S. The van der Waals surface area contributed by atoms with E-state index < -0.39 is 0 Å². The Bertz CT molecular complexity index is 1750. The summed E-state index contributed by atoms with van der Waals surface area (Å²) in [6.07, 6.45) is 9.37. The highest BCUT2D eigenvalue weighted by Gasteiger charge is 2.35. The van der Waals surface area contributed by atoms with Gasteiger partial charge in [-0.15, -0.1) is 11.3 Å². The second-order valence-corrected chi connectivity index (χ2v) is 12.8. The first-order chi connectivity index (χ1) is 21.4. The number of aromatic nitrogens is 3. The fourth-order valence-corrected chi connectivity index (χ4v) is 7.54. The Morgan fingerprint density at radius 1 is 1.11 bits per heavy atom. The predicted octanol–water partition coefficient (Wildman–Crippen LogP) is 4.99. The van der Waals surface area contributed by atoms with E-state index in [1.807, 2.05) is 60.1 Å². The lowest BCUT2D eigenvalue weighted by molar-refractivity contribution is -0.130. The van der Waals surface area contributed by atoms with Crippen LogP contribution in [0.5, 0.6) is 11.5 Å². The molecule has 0 aliphatic carbocycles. The fraction of sp³-hybridized carbons (Fsp3) is 0.364. The summed E-state index contributed by atoms with van der Waals surface area (Å²) in [5.74, 6) is 2.56. The van der Waals surface area contributed by atoms with E-state index in [0.717, 1.165) is 82.6 Å². The number of carbonyl (C=O) groups is 2. The highest BCUT2D eigenvalue weighted by molar-refractivity contribution is 7.19. The number of piperazine rings is 1. The van der Waals surface area contributed by atoms with E-state index in [4.69, 9.17) is 4.74 Å². The largest absolute Gasteiger partial charge is 0.455 e. The van der Waals surface area contributed by atoms with Crippen LogP contribution in [-0.4, -0.2) is 80.2 Å². The van der Waals surface area contributed by atoms with Crippen LogP contribution in [0.3, 0.4) is 0 Å². The SMILES string of the molecule is Cc1ccc(Oc2ccc(Nc3ncnc4sc5c(c34)CCN(C(=O)/C=C/CN3CCN4C(=O)CCC4C3)C5)cc2C)cn1. The van der Waals surface area contributed by atoms with Gasteiger partial charge in [-0.05, 0) is 68.1 Å². The van der Waals surface area contributed by atoms with Gasteiger partial charge in [0.2, 0.25) is 11.8 Å².